The lowest BCUT2D eigenvalue weighted by atomic mass is 10.2. The molecule has 2 heterocycles. The van der Waals surface area contributed by atoms with Gasteiger partial charge in [-0.15, -0.1) is 0 Å². The lowest BCUT2D eigenvalue weighted by Crippen LogP contribution is -2.23. The molecule has 1 aromatic carbocycles. The van der Waals surface area contributed by atoms with Gasteiger partial charge in [0.15, 0.2) is 0 Å². The van der Waals surface area contributed by atoms with Crippen molar-refractivity contribution in [3.05, 3.63) is 71.4 Å². The first kappa shape index (κ1) is 13.3. The van der Waals surface area contributed by atoms with E-state index in [1.807, 2.05) is 29.7 Å². The summed E-state index contributed by atoms with van der Waals surface area (Å²) in [5.41, 5.74) is 2.98. The number of fused-ring (bicyclic) bond motifs is 1. The van der Waals surface area contributed by atoms with Crippen molar-refractivity contribution in [2.45, 2.75) is 13.5 Å². The Kier molecular flexibility index (Phi) is 3.39. The number of aromatic nitrogens is 2. The predicted octanol–water partition coefficient (Wildman–Crippen LogP) is 2.71. The Hall–Kier alpha value is -2.69. The minimum absolute atomic E-state index is 0.248. The lowest BCUT2D eigenvalue weighted by Gasteiger charge is -2.03. The van der Waals surface area contributed by atoms with Gasteiger partial charge in [-0.3, -0.25) is 4.79 Å². The maximum atomic E-state index is 12.8. The Morgan fingerprint density at radius 3 is 2.76 bits per heavy atom. The van der Waals surface area contributed by atoms with Crippen LogP contribution in [0.1, 0.15) is 21.6 Å². The third-order valence-corrected chi connectivity index (χ3v) is 3.28. The molecule has 21 heavy (non-hydrogen) atoms. The van der Waals surface area contributed by atoms with Crippen LogP contribution in [0.2, 0.25) is 0 Å². The number of imidazole rings is 1. The van der Waals surface area contributed by atoms with Crippen LogP contribution in [0.5, 0.6) is 0 Å². The lowest BCUT2D eigenvalue weighted by molar-refractivity contribution is 0.0946. The Morgan fingerprint density at radius 1 is 1.29 bits per heavy atom. The Balaban J connectivity index is 1.75. The van der Waals surface area contributed by atoms with Crippen LogP contribution in [0, 0.1) is 12.7 Å². The second kappa shape index (κ2) is 5.36. The van der Waals surface area contributed by atoms with Crippen LogP contribution in [-0.4, -0.2) is 15.3 Å². The first-order valence-corrected chi connectivity index (χ1v) is 6.60. The largest absolute Gasteiger partial charge is 0.347 e. The van der Waals surface area contributed by atoms with E-state index in [2.05, 4.69) is 10.3 Å². The molecular weight excluding hydrogens is 269 g/mol. The molecule has 1 N–H and O–H groups in total. The van der Waals surface area contributed by atoms with Crippen LogP contribution < -0.4 is 5.32 Å². The average Bonchev–Trinajstić information content (AvgIpc) is 2.92. The molecule has 5 heteroatoms. The van der Waals surface area contributed by atoms with Crippen molar-refractivity contribution < 1.29 is 9.18 Å². The quantitative estimate of drug-likeness (QED) is 0.803. The standard InChI is InChI=1S/C16H14FN3O/c1-11-3-2-8-20-10-14(19-15(11)20)16(21)18-9-12-4-6-13(17)7-5-12/h2-8,10H,9H2,1H3,(H,18,21). The van der Waals surface area contributed by atoms with E-state index in [1.54, 1.807) is 18.3 Å². The molecule has 1 amide bonds. The number of carbonyl (C=O) groups is 1. The average molecular weight is 283 g/mol. The maximum absolute atomic E-state index is 12.8. The normalized spacial score (nSPS) is 10.8. The molecule has 3 aromatic rings. The molecule has 0 aliphatic carbocycles. The third kappa shape index (κ3) is 2.76. The zero-order valence-corrected chi connectivity index (χ0v) is 11.5. The fourth-order valence-corrected chi connectivity index (χ4v) is 2.14. The van der Waals surface area contributed by atoms with Gasteiger partial charge in [0, 0.05) is 18.9 Å². The molecule has 106 valence electrons. The van der Waals surface area contributed by atoms with Crippen LogP contribution >= 0.6 is 0 Å². The summed E-state index contributed by atoms with van der Waals surface area (Å²) in [5.74, 6) is -0.539. The SMILES string of the molecule is Cc1cccn2cc(C(=O)NCc3ccc(F)cc3)nc12. The van der Waals surface area contributed by atoms with Gasteiger partial charge < -0.3 is 9.72 Å². The second-order valence-corrected chi connectivity index (χ2v) is 4.86. The molecular formula is C16H14FN3O. The van der Waals surface area contributed by atoms with Crippen molar-refractivity contribution in [1.29, 1.82) is 0 Å². The number of rotatable bonds is 3. The summed E-state index contributed by atoms with van der Waals surface area (Å²) in [6.07, 6.45) is 3.55. The first-order chi connectivity index (χ1) is 10.1. The highest BCUT2D eigenvalue weighted by atomic mass is 19.1. The number of nitrogens with one attached hydrogen (secondary N) is 1. The molecule has 0 aliphatic heterocycles. The predicted molar refractivity (Wildman–Crippen MR) is 77.5 cm³/mol. The number of nitrogens with zero attached hydrogens (tertiary/aromatic N) is 2. The number of amides is 1. The zero-order chi connectivity index (χ0) is 14.8. The molecule has 0 bridgehead atoms. The van der Waals surface area contributed by atoms with Crippen molar-refractivity contribution in [2.75, 3.05) is 0 Å². The highest BCUT2D eigenvalue weighted by molar-refractivity contribution is 5.92. The van der Waals surface area contributed by atoms with E-state index in [4.69, 9.17) is 0 Å². The second-order valence-electron chi connectivity index (χ2n) is 4.86. The zero-order valence-electron chi connectivity index (χ0n) is 11.5. The summed E-state index contributed by atoms with van der Waals surface area (Å²) in [7, 11) is 0. The van der Waals surface area contributed by atoms with E-state index in [-0.39, 0.29) is 11.7 Å². The number of halogens is 1. The van der Waals surface area contributed by atoms with Gasteiger partial charge in [0.05, 0.1) is 0 Å². The van der Waals surface area contributed by atoms with Crippen molar-refractivity contribution >= 4 is 11.6 Å². The maximum Gasteiger partial charge on any atom is 0.271 e. The summed E-state index contributed by atoms with van der Waals surface area (Å²) in [4.78, 5) is 16.4. The molecule has 0 aliphatic rings. The number of carbonyl (C=O) groups excluding carboxylic acids is 1. The van der Waals surface area contributed by atoms with Gasteiger partial charge in [-0.25, -0.2) is 9.37 Å². The first-order valence-electron chi connectivity index (χ1n) is 6.60. The molecule has 0 saturated heterocycles. The monoisotopic (exact) mass is 283 g/mol. The molecule has 0 radical (unpaired) electrons. The van der Waals surface area contributed by atoms with Crippen LogP contribution in [0.3, 0.4) is 0 Å². The summed E-state index contributed by atoms with van der Waals surface area (Å²) in [6.45, 7) is 2.29. The summed E-state index contributed by atoms with van der Waals surface area (Å²) >= 11 is 0. The Morgan fingerprint density at radius 2 is 2.05 bits per heavy atom. The van der Waals surface area contributed by atoms with Gasteiger partial charge in [0.1, 0.15) is 17.2 Å². The molecule has 0 fully saturated rings. The molecule has 3 rings (SSSR count). The minimum atomic E-state index is -0.291. The Labute approximate surface area is 121 Å². The highest BCUT2D eigenvalue weighted by Gasteiger charge is 2.11. The van der Waals surface area contributed by atoms with Gasteiger partial charge in [-0.2, -0.15) is 0 Å². The van der Waals surface area contributed by atoms with Gasteiger partial charge >= 0.3 is 0 Å². The fraction of sp³-hybridized carbons (Fsp3) is 0.125. The van der Waals surface area contributed by atoms with Crippen LogP contribution in [0.15, 0.2) is 48.8 Å². The third-order valence-electron chi connectivity index (χ3n) is 3.28. The van der Waals surface area contributed by atoms with Crippen molar-refractivity contribution in [3.8, 4) is 0 Å². The summed E-state index contributed by atoms with van der Waals surface area (Å²) in [6, 6.07) is 9.88. The molecule has 0 spiro atoms. The number of hydrogen-bond donors (Lipinski definition) is 1. The minimum Gasteiger partial charge on any atom is -0.347 e. The van der Waals surface area contributed by atoms with Gasteiger partial charge in [-0.05, 0) is 36.2 Å². The van der Waals surface area contributed by atoms with E-state index in [0.29, 0.717) is 12.2 Å². The molecule has 0 atom stereocenters. The van der Waals surface area contributed by atoms with Crippen molar-refractivity contribution in [1.82, 2.24) is 14.7 Å². The summed E-state index contributed by atoms with van der Waals surface area (Å²) in [5, 5.41) is 2.78. The van der Waals surface area contributed by atoms with Crippen LogP contribution in [0.4, 0.5) is 4.39 Å². The molecule has 0 unspecified atom stereocenters. The van der Waals surface area contributed by atoms with Crippen molar-refractivity contribution in [2.24, 2.45) is 0 Å². The smallest absolute Gasteiger partial charge is 0.271 e. The molecule has 0 saturated carbocycles. The van der Waals surface area contributed by atoms with E-state index >= 15 is 0 Å². The Bertz CT molecular complexity index is 793. The van der Waals surface area contributed by atoms with Gasteiger partial charge in [-0.1, -0.05) is 18.2 Å². The van der Waals surface area contributed by atoms with Gasteiger partial charge in [0.2, 0.25) is 0 Å². The van der Waals surface area contributed by atoms with Crippen LogP contribution in [0.25, 0.3) is 5.65 Å². The topological polar surface area (TPSA) is 46.4 Å². The van der Waals surface area contributed by atoms with Crippen LogP contribution in [-0.2, 0) is 6.54 Å². The van der Waals surface area contributed by atoms with E-state index in [0.717, 1.165) is 16.8 Å². The number of benzene rings is 1. The molecule has 2 aromatic heterocycles. The van der Waals surface area contributed by atoms with E-state index in [1.165, 1.54) is 12.1 Å². The fourth-order valence-electron chi connectivity index (χ4n) is 2.14. The number of hydrogen-bond acceptors (Lipinski definition) is 2. The number of pyridine rings is 1. The highest BCUT2D eigenvalue weighted by Crippen LogP contribution is 2.10. The summed E-state index contributed by atoms with van der Waals surface area (Å²) < 4.78 is 14.6. The number of aryl methyl sites for hydroxylation is 1. The van der Waals surface area contributed by atoms with Crippen molar-refractivity contribution in [3.63, 3.8) is 0 Å². The van der Waals surface area contributed by atoms with Gasteiger partial charge in [0.25, 0.3) is 5.91 Å². The van der Waals surface area contributed by atoms with E-state index < -0.39 is 0 Å². The van der Waals surface area contributed by atoms with E-state index in [9.17, 15) is 9.18 Å². The molecule has 4 nitrogen and oxygen atoms in total.